The summed E-state index contributed by atoms with van der Waals surface area (Å²) in [5, 5.41) is 8.85. The Morgan fingerprint density at radius 2 is 1.71 bits per heavy atom. The Morgan fingerprint density at radius 1 is 1.14 bits per heavy atom. The Kier molecular flexibility index (Phi) is 2.57. The van der Waals surface area contributed by atoms with E-state index in [4.69, 9.17) is 5.11 Å². The molecule has 3 heteroatoms. The maximum atomic E-state index is 10.7. The molecule has 2 rings (SSSR count). The lowest BCUT2D eigenvalue weighted by Crippen LogP contribution is -2.22. The van der Waals surface area contributed by atoms with Gasteiger partial charge in [0, 0.05) is 18.4 Å². The Bertz CT molecular complexity index is 297. The molecule has 1 heterocycles. The Labute approximate surface area is 83.4 Å². The van der Waals surface area contributed by atoms with Crippen LogP contribution in [0.15, 0.2) is 24.5 Å². The monoisotopic (exact) mass is 193 g/mol. The molecule has 0 bridgehead atoms. The van der Waals surface area contributed by atoms with E-state index in [9.17, 15) is 4.79 Å². The largest absolute Gasteiger partial charge is 0.481 e. The highest BCUT2D eigenvalue weighted by Gasteiger charge is 2.26. The summed E-state index contributed by atoms with van der Waals surface area (Å²) in [5.41, 5.74) is 0. The van der Waals surface area contributed by atoms with Gasteiger partial charge in [0.15, 0.2) is 0 Å². The van der Waals surface area contributed by atoms with E-state index in [-0.39, 0.29) is 5.92 Å². The molecule has 0 aromatic carbocycles. The van der Waals surface area contributed by atoms with Gasteiger partial charge in [-0.05, 0) is 37.8 Å². The summed E-state index contributed by atoms with van der Waals surface area (Å²) in [6.45, 7) is 0. The number of carboxylic acids is 1. The number of nitrogens with zero attached hydrogens (tertiary/aromatic N) is 1. The van der Waals surface area contributed by atoms with Crippen LogP contribution in [0, 0.1) is 5.92 Å². The topological polar surface area (TPSA) is 42.2 Å². The van der Waals surface area contributed by atoms with E-state index in [1.54, 1.807) is 0 Å². The lowest BCUT2D eigenvalue weighted by atomic mass is 9.86. The summed E-state index contributed by atoms with van der Waals surface area (Å²) in [5.74, 6) is -0.738. The molecule has 76 valence electrons. The molecule has 1 aromatic rings. The van der Waals surface area contributed by atoms with E-state index in [0.29, 0.717) is 6.04 Å². The Hall–Kier alpha value is -1.25. The van der Waals surface area contributed by atoms with Crippen molar-refractivity contribution in [2.45, 2.75) is 31.7 Å². The van der Waals surface area contributed by atoms with Crippen LogP contribution in [0.1, 0.15) is 31.7 Å². The summed E-state index contributed by atoms with van der Waals surface area (Å²) < 4.78 is 2.19. The molecule has 0 amide bonds. The number of aromatic nitrogens is 1. The molecule has 1 saturated carbocycles. The molecule has 1 fully saturated rings. The van der Waals surface area contributed by atoms with Gasteiger partial charge in [-0.1, -0.05) is 0 Å². The van der Waals surface area contributed by atoms with Gasteiger partial charge in [-0.3, -0.25) is 4.79 Å². The highest BCUT2D eigenvalue weighted by Crippen LogP contribution is 2.32. The van der Waals surface area contributed by atoms with E-state index >= 15 is 0 Å². The second-order valence-electron chi connectivity index (χ2n) is 3.97. The van der Waals surface area contributed by atoms with Gasteiger partial charge < -0.3 is 9.67 Å². The van der Waals surface area contributed by atoms with E-state index in [1.165, 1.54) is 0 Å². The minimum absolute atomic E-state index is 0.109. The van der Waals surface area contributed by atoms with Crippen molar-refractivity contribution in [1.29, 1.82) is 0 Å². The lowest BCUT2D eigenvalue weighted by Gasteiger charge is -2.27. The summed E-state index contributed by atoms with van der Waals surface area (Å²) in [4.78, 5) is 10.7. The predicted octanol–water partition coefficient (Wildman–Crippen LogP) is 2.30. The highest BCUT2D eigenvalue weighted by atomic mass is 16.4. The maximum absolute atomic E-state index is 10.7. The summed E-state index contributed by atoms with van der Waals surface area (Å²) in [7, 11) is 0. The SMILES string of the molecule is O=C(O)C1CCC(n2cccc2)CC1. The van der Waals surface area contributed by atoms with Gasteiger partial charge in [-0.15, -0.1) is 0 Å². The zero-order valence-corrected chi connectivity index (χ0v) is 8.10. The number of aliphatic carboxylic acids is 1. The van der Waals surface area contributed by atoms with Crippen molar-refractivity contribution < 1.29 is 9.90 Å². The number of hydrogen-bond acceptors (Lipinski definition) is 1. The van der Waals surface area contributed by atoms with E-state index < -0.39 is 5.97 Å². The van der Waals surface area contributed by atoms with Crippen molar-refractivity contribution in [3.63, 3.8) is 0 Å². The van der Waals surface area contributed by atoms with Gasteiger partial charge in [0.25, 0.3) is 0 Å². The van der Waals surface area contributed by atoms with Crippen molar-refractivity contribution >= 4 is 5.97 Å². The molecule has 0 aliphatic heterocycles. The van der Waals surface area contributed by atoms with Crippen molar-refractivity contribution in [3.8, 4) is 0 Å². The van der Waals surface area contributed by atoms with Crippen LogP contribution in [0.2, 0.25) is 0 Å². The maximum Gasteiger partial charge on any atom is 0.306 e. The van der Waals surface area contributed by atoms with Crippen LogP contribution < -0.4 is 0 Å². The van der Waals surface area contributed by atoms with Crippen molar-refractivity contribution in [1.82, 2.24) is 4.57 Å². The van der Waals surface area contributed by atoms with Crippen LogP contribution >= 0.6 is 0 Å². The van der Waals surface area contributed by atoms with E-state index in [0.717, 1.165) is 25.7 Å². The molecule has 1 aromatic heterocycles. The van der Waals surface area contributed by atoms with Gasteiger partial charge in [0.1, 0.15) is 0 Å². The molecule has 0 radical (unpaired) electrons. The summed E-state index contributed by atoms with van der Waals surface area (Å²) in [6, 6.07) is 4.55. The van der Waals surface area contributed by atoms with Crippen LogP contribution in [0.4, 0.5) is 0 Å². The van der Waals surface area contributed by atoms with Crippen LogP contribution in [-0.4, -0.2) is 15.6 Å². The van der Waals surface area contributed by atoms with Gasteiger partial charge >= 0.3 is 5.97 Å². The van der Waals surface area contributed by atoms with Gasteiger partial charge in [0.2, 0.25) is 0 Å². The normalized spacial score (nSPS) is 27.4. The molecule has 0 unspecified atom stereocenters. The Balaban J connectivity index is 1.93. The predicted molar refractivity (Wildman–Crippen MR) is 53.1 cm³/mol. The van der Waals surface area contributed by atoms with Crippen molar-refractivity contribution in [2.24, 2.45) is 5.92 Å². The van der Waals surface area contributed by atoms with Crippen molar-refractivity contribution in [2.75, 3.05) is 0 Å². The third-order valence-corrected chi connectivity index (χ3v) is 3.10. The summed E-state index contributed by atoms with van der Waals surface area (Å²) >= 11 is 0. The first-order chi connectivity index (χ1) is 6.77. The smallest absolute Gasteiger partial charge is 0.306 e. The molecule has 0 spiro atoms. The fourth-order valence-corrected chi connectivity index (χ4v) is 2.21. The van der Waals surface area contributed by atoms with Crippen LogP contribution in [0.3, 0.4) is 0 Å². The molecule has 0 saturated heterocycles. The Morgan fingerprint density at radius 3 is 2.21 bits per heavy atom. The molecular formula is C11H15NO2. The molecule has 3 nitrogen and oxygen atoms in total. The van der Waals surface area contributed by atoms with Gasteiger partial charge in [-0.25, -0.2) is 0 Å². The third-order valence-electron chi connectivity index (χ3n) is 3.10. The van der Waals surface area contributed by atoms with Crippen LogP contribution in [0.5, 0.6) is 0 Å². The molecular weight excluding hydrogens is 178 g/mol. The first-order valence-corrected chi connectivity index (χ1v) is 5.12. The van der Waals surface area contributed by atoms with Crippen LogP contribution in [-0.2, 0) is 4.79 Å². The van der Waals surface area contributed by atoms with Gasteiger partial charge in [0.05, 0.1) is 5.92 Å². The number of carboxylic acid groups (broad SMARTS) is 1. The second kappa shape index (κ2) is 3.86. The fourth-order valence-electron chi connectivity index (χ4n) is 2.21. The summed E-state index contributed by atoms with van der Waals surface area (Å²) in [6.07, 6.45) is 7.74. The number of hydrogen-bond donors (Lipinski definition) is 1. The minimum Gasteiger partial charge on any atom is -0.481 e. The third kappa shape index (κ3) is 1.81. The minimum atomic E-state index is -0.629. The first kappa shape index (κ1) is 9.31. The lowest BCUT2D eigenvalue weighted by molar-refractivity contribution is -0.143. The first-order valence-electron chi connectivity index (χ1n) is 5.12. The molecule has 1 aliphatic carbocycles. The molecule has 0 atom stereocenters. The molecule has 1 N–H and O–H groups in total. The fraction of sp³-hybridized carbons (Fsp3) is 0.545. The van der Waals surface area contributed by atoms with Crippen molar-refractivity contribution in [3.05, 3.63) is 24.5 Å². The quantitative estimate of drug-likeness (QED) is 0.783. The average Bonchev–Trinajstić information content (AvgIpc) is 2.71. The second-order valence-corrected chi connectivity index (χ2v) is 3.97. The number of rotatable bonds is 2. The highest BCUT2D eigenvalue weighted by molar-refractivity contribution is 5.70. The van der Waals surface area contributed by atoms with E-state index in [2.05, 4.69) is 17.0 Å². The average molecular weight is 193 g/mol. The zero-order chi connectivity index (χ0) is 9.97. The van der Waals surface area contributed by atoms with E-state index in [1.807, 2.05) is 12.1 Å². The van der Waals surface area contributed by atoms with Crippen LogP contribution in [0.25, 0.3) is 0 Å². The number of carbonyl (C=O) groups is 1. The molecule has 1 aliphatic rings. The standard InChI is InChI=1S/C11H15NO2/c13-11(14)9-3-5-10(6-4-9)12-7-1-2-8-12/h1-2,7-10H,3-6H2,(H,13,14). The molecule has 14 heavy (non-hydrogen) atoms. The van der Waals surface area contributed by atoms with Gasteiger partial charge in [-0.2, -0.15) is 0 Å². The zero-order valence-electron chi connectivity index (χ0n) is 8.10.